The van der Waals surface area contributed by atoms with Crippen molar-refractivity contribution in [1.82, 2.24) is 21.3 Å². The Hall–Kier alpha value is -2.83. The number of carboxylic acid groups (broad SMARTS) is 1. The third-order valence-electron chi connectivity index (χ3n) is 5.15. The molecule has 5 amide bonds. The molecule has 0 spiro atoms. The van der Waals surface area contributed by atoms with Crippen molar-refractivity contribution in [2.45, 2.75) is 77.5 Å². The minimum absolute atomic E-state index is 0.0391. The first-order valence-electron chi connectivity index (χ1n) is 11.0. The maximum Gasteiger partial charge on any atom is 0.326 e. The lowest BCUT2D eigenvalue weighted by Gasteiger charge is -2.25. The van der Waals surface area contributed by atoms with Crippen LogP contribution in [0.1, 0.15) is 53.4 Å². The van der Waals surface area contributed by atoms with Gasteiger partial charge < -0.3 is 32.1 Å². The zero-order valence-electron chi connectivity index (χ0n) is 20.3. The van der Waals surface area contributed by atoms with Crippen LogP contribution < -0.4 is 27.0 Å². The zero-order valence-corrected chi connectivity index (χ0v) is 21.1. The second kappa shape index (κ2) is 15.9. The molecule has 0 bridgehead atoms. The number of carboxylic acids is 1. The molecule has 0 saturated carbocycles. The van der Waals surface area contributed by atoms with Gasteiger partial charge >= 0.3 is 5.97 Å². The third kappa shape index (κ3) is 11.9. The molecule has 0 aromatic rings. The predicted molar refractivity (Wildman–Crippen MR) is 128 cm³/mol. The van der Waals surface area contributed by atoms with Crippen molar-refractivity contribution in [3.05, 3.63) is 0 Å². The highest BCUT2D eigenvalue weighted by Gasteiger charge is 2.30. The number of amides is 5. The highest BCUT2D eigenvalue weighted by Crippen LogP contribution is 2.09. The standard InChI is InChI=1S/C21H37N5O7S/c1-6-11(2)17(21(32)33)26-18(29)12(3)23-19(30)15(9-10-34-5)25-20(31)14(24-13(4)27)7-8-16(22)28/h11-12,14-15,17H,6-10H2,1-5H3,(H2,22,28)(H,23,30)(H,24,27)(H,25,31)(H,26,29)(H,32,33)/t11-,12-,14-,15-,17-/m0/s1. The fraction of sp³-hybridized carbons (Fsp3) is 0.714. The smallest absolute Gasteiger partial charge is 0.326 e. The highest BCUT2D eigenvalue weighted by atomic mass is 32.2. The summed E-state index contributed by atoms with van der Waals surface area (Å²) in [6.45, 7) is 6.12. The number of carbonyl (C=O) groups excluding carboxylic acids is 5. The van der Waals surface area contributed by atoms with Gasteiger partial charge in [0.15, 0.2) is 0 Å². The van der Waals surface area contributed by atoms with Crippen LogP contribution in [0.3, 0.4) is 0 Å². The van der Waals surface area contributed by atoms with Crippen LogP contribution in [-0.4, -0.2) is 76.8 Å². The van der Waals surface area contributed by atoms with E-state index in [9.17, 15) is 33.9 Å². The summed E-state index contributed by atoms with van der Waals surface area (Å²) in [5.41, 5.74) is 5.13. The van der Waals surface area contributed by atoms with Gasteiger partial charge in [0.25, 0.3) is 0 Å². The van der Waals surface area contributed by atoms with Crippen molar-refractivity contribution < 1.29 is 33.9 Å². The summed E-state index contributed by atoms with van der Waals surface area (Å²) < 4.78 is 0. The van der Waals surface area contributed by atoms with Gasteiger partial charge in [-0.2, -0.15) is 11.8 Å². The lowest BCUT2D eigenvalue weighted by molar-refractivity contribution is -0.143. The number of hydrogen-bond donors (Lipinski definition) is 6. The van der Waals surface area contributed by atoms with Crippen molar-refractivity contribution >= 4 is 47.3 Å². The molecule has 0 heterocycles. The molecule has 0 unspecified atom stereocenters. The Morgan fingerprint density at radius 3 is 1.91 bits per heavy atom. The molecule has 12 nitrogen and oxygen atoms in total. The van der Waals surface area contributed by atoms with Gasteiger partial charge in [0.2, 0.25) is 29.5 Å². The van der Waals surface area contributed by atoms with Crippen LogP contribution in [0.5, 0.6) is 0 Å². The summed E-state index contributed by atoms with van der Waals surface area (Å²) in [7, 11) is 0. The molecule has 13 heteroatoms. The van der Waals surface area contributed by atoms with E-state index in [0.717, 1.165) is 0 Å². The molecule has 0 radical (unpaired) electrons. The van der Waals surface area contributed by atoms with Crippen LogP contribution in [0.25, 0.3) is 0 Å². The van der Waals surface area contributed by atoms with E-state index in [4.69, 9.17) is 5.73 Å². The normalized spacial score (nSPS) is 15.1. The van der Waals surface area contributed by atoms with Gasteiger partial charge in [0.1, 0.15) is 24.2 Å². The fourth-order valence-corrected chi connectivity index (χ4v) is 3.39. The number of nitrogens with one attached hydrogen (secondary N) is 4. The summed E-state index contributed by atoms with van der Waals surface area (Å²) in [6, 6.07) is -4.26. The number of aliphatic carboxylic acids is 1. The molecule has 7 N–H and O–H groups in total. The van der Waals surface area contributed by atoms with Gasteiger partial charge in [-0.1, -0.05) is 20.3 Å². The van der Waals surface area contributed by atoms with E-state index < -0.39 is 59.7 Å². The van der Waals surface area contributed by atoms with E-state index in [2.05, 4.69) is 21.3 Å². The molecular formula is C21H37N5O7S. The first-order chi connectivity index (χ1) is 15.8. The molecule has 0 fully saturated rings. The van der Waals surface area contributed by atoms with Gasteiger partial charge in [-0.15, -0.1) is 0 Å². The third-order valence-corrected chi connectivity index (χ3v) is 5.79. The number of hydrogen-bond acceptors (Lipinski definition) is 7. The summed E-state index contributed by atoms with van der Waals surface area (Å²) in [5.74, 6) is -4.09. The van der Waals surface area contributed by atoms with Crippen LogP contribution in [0.15, 0.2) is 0 Å². The molecule has 5 atom stereocenters. The molecule has 194 valence electrons. The SMILES string of the molecule is CC[C@H](C)[C@H](NC(=O)[C@H](C)NC(=O)[C@H](CCSC)NC(=O)[C@H](CCC(N)=O)NC(C)=O)C(=O)O. The van der Waals surface area contributed by atoms with Gasteiger partial charge in [0, 0.05) is 13.3 Å². The molecule has 0 aliphatic heterocycles. The van der Waals surface area contributed by atoms with Crippen molar-refractivity contribution in [1.29, 1.82) is 0 Å². The number of nitrogens with two attached hydrogens (primary N) is 1. The Morgan fingerprint density at radius 2 is 1.44 bits per heavy atom. The lowest BCUT2D eigenvalue weighted by Crippen LogP contribution is -2.57. The highest BCUT2D eigenvalue weighted by molar-refractivity contribution is 7.98. The van der Waals surface area contributed by atoms with Crippen LogP contribution >= 0.6 is 11.8 Å². The first kappa shape index (κ1) is 31.2. The maximum atomic E-state index is 12.8. The number of thioether (sulfide) groups is 1. The second-order valence-electron chi connectivity index (χ2n) is 8.04. The summed E-state index contributed by atoms with van der Waals surface area (Å²) in [6.07, 6.45) is 2.41. The Balaban J connectivity index is 5.32. The quantitative estimate of drug-likeness (QED) is 0.156. The molecule has 0 aromatic heterocycles. The van der Waals surface area contributed by atoms with Gasteiger partial charge in [-0.3, -0.25) is 24.0 Å². The molecule has 0 aliphatic carbocycles. The minimum atomic E-state index is -1.17. The topological polar surface area (TPSA) is 197 Å². The molecule has 0 saturated heterocycles. The van der Waals surface area contributed by atoms with E-state index in [1.807, 2.05) is 6.26 Å². The van der Waals surface area contributed by atoms with Gasteiger partial charge in [-0.05, 0) is 37.7 Å². The average molecular weight is 504 g/mol. The lowest BCUT2D eigenvalue weighted by atomic mass is 9.99. The van der Waals surface area contributed by atoms with Crippen LogP contribution in [-0.2, 0) is 28.8 Å². The van der Waals surface area contributed by atoms with Crippen molar-refractivity contribution in [2.75, 3.05) is 12.0 Å². The van der Waals surface area contributed by atoms with E-state index >= 15 is 0 Å². The second-order valence-corrected chi connectivity index (χ2v) is 9.03. The molecule has 34 heavy (non-hydrogen) atoms. The monoisotopic (exact) mass is 503 g/mol. The fourth-order valence-electron chi connectivity index (χ4n) is 2.92. The van der Waals surface area contributed by atoms with Crippen LogP contribution in [0.2, 0.25) is 0 Å². The largest absolute Gasteiger partial charge is 0.480 e. The summed E-state index contributed by atoms with van der Waals surface area (Å²) in [4.78, 5) is 72.0. The van der Waals surface area contributed by atoms with E-state index in [1.165, 1.54) is 25.6 Å². The van der Waals surface area contributed by atoms with Crippen LogP contribution in [0, 0.1) is 5.92 Å². The van der Waals surface area contributed by atoms with Crippen molar-refractivity contribution in [3.8, 4) is 0 Å². The average Bonchev–Trinajstić information content (AvgIpc) is 2.75. The number of carbonyl (C=O) groups is 6. The Morgan fingerprint density at radius 1 is 0.882 bits per heavy atom. The Bertz CT molecular complexity index is 749. The molecular weight excluding hydrogens is 466 g/mol. The minimum Gasteiger partial charge on any atom is -0.480 e. The molecule has 0 rings (SSSR count). The van der Waals surface area contributed by atoms with Crippen molar-refractivity contribution in [2.24, 2.45) is 11.7 Å². The van der Waals surface area contributed by atoms with E-state index in [1.54, 1.807) is 13.8 Å². The number of rotatable bonds is 16. The van der Waals surface area contributed by atoms with Gasteiger partial charge in [-0.25, -0.2) is 4.79 Å². The van der Waals surface area contributed by atoms with Crippen molar-refractivity contribution in [3.63, 3.8) is 0 Å². The van der Waals surface area contributed by atoms with Gasteiger partial charge in [0.05, 0.1) is 0 Å². The number of primary amides is 1. The summed E-state index contributed by atoms with van der Waals surface area (Å²) >= 11 is 1.44. The molecule has 0 aliphatic rings. The van der Waals surface area contributed by atoms with E-state index in [-0.39, 0.29) is 25.2 Å². The first-order valence-corrected chi connectivity index (χ1v) is 12.4. The predicted octanol–water partition coefficient (Wildman–Crippen LogP) is -0.885. The van der Waals surface area contributed by atoms with E-state index in [0.29, 0.717) is 12.2 Å². The Kier molecular flexibility index (Phi) is 14.6. The zero-order chi connectivity index (χ0) is 26.4. The molecule has 0 aromatic carbocycles. The summed E-state index contributed by atoms with van der Waals surface area (Å²) in [5, 5.41) is 19.3. The maximum absolute atomic E-state index is 12.8. The van der Waals surface area contributed by atoms with Crippen LogP contribution in [0.4, 0.5) is 0 Å². The Labute approximate surface area is 203 Å².